The van der Waals surface area contributed by atoms with Crippen LogP contribution in [0.25, 0.3) is 0 Å². The van der Waals surface area contributed by atoms with Crippen LogP contribution in [-0.2, 0) is 9.59 Å². The molecule has 1 aliphatic carbocycles. The maximum absolute atomic E-state index is 11.2. The summed E-state index contributed by atoms with van der Waals surface area (Å²) in [4.78, 5) is 22.3. The van der Waals surface area contributed by atoms with E-state index < -0.39 is 11.9 Å². The van der Waals surface area contributed by atoms with Gasteiger partial charge in [0.05, 0.1) is 12.2 Å². The first-order valence-corrected chi connectivity index (χ1v) is 6.94. The highest BCUT2D eigenvalue weighted by molar-refractivity contribution is 5.75. The molecule has 4 atom stereocenters. The molecule has 0 aliphatic heterocycles. The lowest BCUT2D eigenvalue weighted by Gasteiger charge is -2.38. The Kier molecular flexibility index (Phi) is 5.58. The molecule has 0 bridgehead atoms. The number of carboxylic acids is 1. The van der Waals surface area contributed by atoms with Crippen molar-refractivity contribution in [1.29, 1.82) is 0 Å². The van der Waals surface area contributed by atoms with Crippen molar-refractivity contribution in [3.8, 4) is 0 Å². The Bertz CT molecular complexity index is 372. The van der Waals surface area contributed by atoms with Crippen LogP contribution in [0.3, 0.4) is 0 Å². The van der Waals surface area contributed by atoms with Crippen LogP contribution in [0, 0.1) is 23.7 Å². The summed E-state index contributed by atoms with van der Waals surface area (Å²) in [5.74, 6) is -0.798. The SMILES string of the molecule is CC(=O)CCC1/C(=C/O)C(C(C)C(=O)O)CCC1C. The van der Waals surface area contributed by atoms with Crippen molar-refractivity contribution >= 4 is 11.8 Å². The molecule has 0 amide bonds. The minimum Gasteiger partial charge on any atom is -0.516 e. The first-order valence-electron chi connectivity index (χ1n) is 6.94. The van der Waals surface area contributed by atoms with Gasteiger partial charge in [-0.15, -0.1) is 0 Å². The molecule has 2 N–H and O–H groups in total. The number of aliphatic carboxylic acids is 1. The Morgan fingerprint density at radius 3 is 2.53 bits per heavy atom. The summed E-state index contributed by atoms with van der Waals surface area (Å²) in [7, 11) is 0. The van der Waals surface area contributed by atoms with E-state index in [-0.39, 0.29) is 17.6 Å². The van der Waals surface area contributed by atoms with Gasteiger partial charge in [-0.05, 0) is 49.5 Å². The van der Waals surface area contributed by atoms with E-state index in [9.17, 15) is 14.7 Å². The molecular formula is C15H24O4. The zero-order chi connectivity index (χ0) is 14.6. The average Bonchev–Trinajstić information content (AvgIpc) is 2.35. The van der Waals surface area contributed by atoms with Crippen LogP contribution in [-0.4, -0.2) is 22.0 Å². The van der Waals surface area contributed by atoms with Crippen LogP contribution >= 0.6 is 0 Å². The van der Waals surface area contributed by atoms with Gasteiger partial charge in [-0.3, -0.25) is 4.79 Å². The minimum atomic E-state index is -0.829. The molecule has 0 aromatic rings. The molecule has 4 heteroatoms. The number of rotatable bonds is 5. The van der Waals surface area contributed by atoms with E-state index in [1.807, 2.05) is 0 Å². The van der Waals surface area contributed by atoms with Gasteiger partial charge in [0.15, 0.2) is 0 Å². The van der Waals surface area contributed by atoms with Crippen molar-refractivity contribution in [2.45, 2.75) is 46.5 Å². The van der Waals surface area contributed by atoms with E-state index in [1.165, 1.54) is 0 Å². The molecule has 0 spiro atoms. The second-order valence-corrected chi connectivity index (χ2v) is 5.76. The molecule has 1 rings (SSSR count). The number of ketones is 1. The monoisotopic (exact) mass is 268 g/mol. The van der Waals surface area contributed by atoms with Gasteiger partial charge in [0.25, 0.3) is 0 Å². The van der Waals surface area contributed by atoms with Crippen LogP contribution in [0.5, 0.6) is 0 Å². The van der Waals surface area contributed by atoms with E-state index in [2.05, 4.69) is 6.92 Å². The van der Waals surface area contributed by atoms with E-state index in [0.29, 0.717) is 18.8 Å². The number of hydrogen-bond acceptors (Lipinski definition) is 3. The number of carbonyl (C=O) groups is 2. The molecule has 1 aliphatic rings. The summed E-state index contributed by atoms with van der Waals surface area (Å²) in [6, 6.07) is 0. The molecule has 108 valence electrons. The molecule has 1 saturated carbocycles. The summed E-state index contributed by atoms with van der Waals surface area (Å²) in [6.07, 6.45) is 4.01. The van der Waals surface area contributed by atoms with Crippen molar-refractivity contribution in [2.24, 2.45) is 23.7 Å². The quantitative estimate of drug-likeness (QED) is 0.751. The fourth-order valence-corrected chi connectivity index (χ4v) is 3.13. The van der Waals surface area contributed by atoms with Gasteiger partial charge in [-0.25, -0.2) is 0 Å². The predicted octanol–water partition coefficient (Wildman–Crippen LogP) is 3.18. The molecular weight excluding hydrogens is 244 g/mol. The highest BCUT2D eigenvalue weighted by Crippen LogP contribution is 2.43. The summed E-state index contributed by atoms with van der Waals surface area (Å²) in [5, 5.41) is 18.7. The first kappa shape index (κ1) is 15.7. The third kappa shape index (κ3) is 3.82. The second kappa shape index (κ2) is 6.73. The van der Waals surface area contributed by atoms with Crippen LogP contribution in [0.15, 0.2) is 11.8 Å². The summed E-state index contributed by atoms with van der Waals surface area (Å²) in [6.45, 7) is 5.36. The minimum absolute atomic E-state index is 0.115. The third-order valence-electron chi connectivity index (χ3n) is 4.43. The van der Waals surface area contributed by atoms with E-state index >= 15 is 0 Å². The maximum Gasteiger partial charge on any atom is 0.306 e. The maximum atomic E-state index is 11.2. The molecule has 0 heterocycles. The van der Waals surface area contributed by atoms with Gasteiger partial charge >= 0.3 is 5.97 Å². The second-order valence-electron chi connectivity index (χ2n) is 5.76. The fraction of sp³-hybridized carbons (Fsp3) is 0.733. The average molecular weight is 268 g/mol. The van der Waals surface area contributed by atoms with Crippen molar-refractivity contribution in [3.05, 3.63) is 11.8 Å². The molecule has 0 radical (unpaired) electrons. The molecule has 4 unspecified atom stereocenters. The number of carbonyl (C=O) groups excluding carboxylic acids is 1. The normalized spacial score (nSPS) is 31.1. The van der Waals surface area contributed by atoms with Crippen LogP contribution in [0.2, 0.25) is 0 Å². The fourth-order valence-electron chi connectivity index (χ4n) is 3.13. The lowest BCUT2D eigenvalue weighted by atomic mass is 9.66. The summed E-state index contributed by atoms with van der Waals surface area (Å²) < 4.78 is 0. The molecule has 0 saturated heterocycles. The Balaban J connectivity index is 2.88. The number of aliphatic hydroxyl groups is 1. The Hall–Kier alpha value is -1.32. The largest absolute Gasteiger partial charge is 0.516 e. The smallest absolute Gasteiger partial charge is 0.306 e. The van der Waals surface area contributed by atoms with E-state index in [1.54, 1.807) is 13.8 Å². The highest BCUT2D eigenvalue weighted by Gasteiger charge is 2.37. The molecule has 0 aromatic carbocycles. The lowest BCUT2D eigenvalue weighted by molar-refractivity contribution is -0.143. The lowest BCUT2D eigenvalue weighted by Crippen LogP contribution is -2.33. The van der Waals surface area contributed by atoms with Gasteiger partial charge in [0, 0.05) is 6.42 Å². The number of allylic oxidation sites excluding steroid dienone is 1. The van der Waals surface area contributed by atoms with Crippen LogP contribution in [0.4, 0.5) is 0 Å². The third-order valence-corrected chi connectivity index (χ3v) is 4.43. The topological polar surface area (TPSA) is 74.6 Å². The summed E-state index contributed by atoms with van der Waals surface area (Å²) in [5.41, 5.74) is 0.815. The predicted molar refractivity (Wildman–Crippen MR) is 72.8 cm³/mol. The number of hydrogen-bond donors (Lipinski definition) is 2. The summed E-state index contributed by atoms with van der Waals surface area (Å²) >= 11 is 0. The molecule has 0 aromatic heterocycles. The van der Waals surface area contributed by atoms with E-state index in [0.717, 1.165) is 24.7 Å². The molecule has 4 nitrogen and oxygen atoms in total. The number of Topliss-reactive ketones (excluding diaryl/α,β-unsaturated/α-hetero) is 1. The number of aliphatic hydroxyl groups excluding tert-OH is 1. The Morgan fingerprint density at radius 2 is 2.05 bits per heavy atom. The van der Waals surface area contributed by atoms with Gasteiger partial charge in [-0.1, -0.05) is 13.8 Å². The Labute approximate surface area is 114 Å². The van der Waals surface area contributed by atoms with Gasteiger partial charge < -0.3 is 15.0 Å². The Morgan fingerprint density at radius 1 is 1.42 bits per heavy atom. The molecule has 19 heavy (non-hydrogen) atoms. The standard InChI is InChI=1S/C15H24O4/c1-9-4-6-13(11(3)15(18)19)14(8-16)12(9)7-5-10(2)17/h8-9,11-13,16H,4-7H2,1-3H3,(H,18,19)/b14-8-. The number of carboxylic acid groups (broad SMARTS) is 1. The van der Waals surface area contributed by atoms with Gasteiger partial charge in [-0.2, -0.15) is 0 Å². The van der Waals surface area contributed by atoms with Crippen LogP contribution in [0.1, 0.15) is 46.5 Å². The van der Waals surface area contributed by atoms with Crippen molar-refractivity contribution < 1.29 is 19.8 Å². The highest BCUT2D eigenvalue weighted by atomic mass is 16.4. The van der Waals surface area contributed by atoms with Gasteiger partial charge in [0.1, 0.15) is 5.78 Å². The van der Waals surface area contributed by atoms with Crippen molar-refractivity contribution in [2.75, 3.05) is 0 Å². The zero-order valence-electron chi connectivity index (χ0n) is 11.9. The van der Waals surface area contributed by atoms with Crippen molar-refractivity contribution in [3.63, 3.8) is 0 Å². The molecule has 1 fully saturated rings. The van der Waals surface area contributed by atoms with Crippen molar-refractivity contribution in [1.82, 2.24) is 0 Å². The first-order chi connectivity index (χ1) is 8.88. The van der Waals surface area contributed by atoms with Gasteiger partial charge in [0.2, 0.25) is 0 Å². The van der Waals surface area contributed by atoms with E-state index in [4.69, 9.17) is 5.11 Å². The zero-order valence-corrected chi connectivity index (χ0v) is 11.9. The van der Waals surface area contributed by atoms with Crippen LogP contribution < -0.4 is 0 Å².